The van der Waals surface area contributed by atoms with Crippen molar-refractivity contribution in [3.63, 3.8) is 0 Å². The summed E-state index contributed by atoms with van der Waals surface area (Å²) >= 11 is 0. The number of nitrogens with zero attached hydrogens (tertiary/aromatic N) is 6. The molecule has 4 aliphatic carbocycles. The van der Waals surface area contributed by atoms with Crippen LogP contribution in [0.3, 0.4) is 0 Å². The highest BCUT2D eigenvalue weighted by molar-refractivity contribution is 5.96. The molecule has 8 heteroatoms. The molecule has 0 unspecified atom stereocenters. The first kappa shape index (κ1) is 25.0. The molecule has 0 radical (unpaired) electrons. The molecule has 7 rings (SSSR count). The fraction of sp³-hybridized carbons (Fsp3) is 0.567. The number of carbonyl (C=O) groups excluding carboxylic acids is 1. The molecule has 200 valence electrons. The van der Waals surface area contributed by atoms with Crippen LogP contribution in [-0.2, 0) is 17.3 Å². The van der Waals surface area contributed by atoms with Gasteiger partial charge in [-0.2, -0.15) is 0 Å². The average molecular weight is 515 g/mol. The highest BCUT2D eigenvalue weighted by atomic mass is 16.5. The number of ether oxygens (including phenoxy) is 1. The monoisotopic (exact) mass is 514 g/mol. The summed E-state index contributed by atoms with van der Waals surface area (Å²) in [6, 6.07) is 12.4. The van der Waals surface area contributed by atoms with Gasteiger partial charge in [0.25, 0.3) is 0 Å². The van der Waals surface area contributed by atoms with E-state index < -0.39 is 0 Å². The van der Waals surface area contributed by atoms with Crippen molar-refractivity contribution in [3.05, 3.63) is 48.4 Å². The van der Waals surface area contributed by atoms with Crippen LogP contribution in [0.15, 0.2) is 42.6 Å². The molecule has 3 aromatic rings. The first-order chi connectivity index (χ1) is 18.5. The van der Waals surface area contributed by atoms with Crippen LogP contribution in [0.2, 0.25) is 0 Å². The summed E-state index contributed by atoms with van der Waals surface area (Å²) in [6.45, 7) is 0.790. The second kappa shape index (κ2) is 10.1. The largest absolute Gasteiger partial charge is 0.481 e. The molecule has 0 N–H and O–H groups in total. The minimum atomic E-state index is 0.0819. The molecule has 1 amide bonds. The highest BCUT2D eigenvalue weighted by Gasteiger charge is 2.52. The zero-order chi connectivity index (χ0) is 26.2. The lowest BCUT2D eigenvalue weighted by Crippen LogP contribution is -2.52. The first-order valence-electron chi connectivity index (χ1n) is 14.2. The number of hydrogen-bond donors (Lipinski definition) is 0. The Morgan fingerprint density at radius 2 is 1.76 bits per heavy atom. The van der Waals surface area contributed by atoms with E-state index in [0.717, 1.165) is 93.4 Å². The van der Waals surface area contributed by atoms with Crippen LogP contribution in [0.25, 0.3) is 11.1 Å². The lowest BCUT2D eigenvalue weighted by molar-refractivity contribution is -0.124. The normalized spacial score (nSPS) is 25.3. The fourth-order valence-electron chi connectivity index (χ4n) is 7.27. The third-order valence-electron chi connectivity index (χ3n) is 9.65. The fourth-order valence-corrected chi connectivity index (χ4v) is 7.27. The number of methoxy groups -OCH3 is 1. The van der Waals surface area contributed by atoms with Gasteiger partial charge in [-0.15, -0.1) is 5.10 Å². The van der Waals surface area contributed by atoms with E-state index in [4.69, 9.17) is 4.74 Å². The Morgan fingerprint density at radius 1 is 1.03 bits per heavy atom. The molecule has 2 aromatic heterocycles. The maximum Gasteiger partial charge on any atom is 0.230 e. The van der Waals surface area contributed by atoms with Crippen molar-refractivity contribution in [2.24, 2.45) is 18.4 Å². The van der Waals surface area contributed by atoms with Gasteiger partial charge < -0.3 is 9.64 Å². The van der Waals surface area contributed by atoms with Crippen LogP contribution in [-0.4, -0.2) is 44.8 Å². The van der Waals surface area contributed by atoms with Crippen LogP contribution in [0.4, 0.5) is 5.69 Å². The van der Waals surface area contributed by atoms with Gasteiger partial charge in [0, 0.05) is 42.9 Å². The second-order valence-corrected chi connectivity index (χ2v) is 11.8. The molecule has 4 saturated carbocycles. The zero-order valence-electron chi connectivity index (χ0n) is 22.6. The quantitative estimate of drug-likeness (QED) is 0.415. The highest BCUT2D eigenvalue weighted by Crippen LogP contribution is 2.57. The van der Waals surface area contributed by atoms with Gasteiger partial charge in [-0.05, 0) is 96.5 Å². The lowest BCUT2D eigenvalue weighted by atomic mass is 9.53. The predicted molar refractivity (Wildman–Crippen MR) is 146 cm³/mol. The molecule has 4 fully saturated rings. The molecule has 2 bridgehead atoms. The maximum atomic E-state index is 14.2. The van der Waals surface area contributed by atoms with Crippen LogP contribution in [0, 0.1) is 11.3 Å². The van der Waals surface area contributed by atoms with E-state index in [2.05, 4.69) is 49.7 Å². The number of tetrazole rings is 1. The molecule has 0 saturated heterocycles. The number of pyridine rings is 1. The van der Waals surface area contributed by atoms with E-state index in [1.54, 1.807) is 13.3 Å². The number of rotatable bonds is 7. The van der Waals surface area contributed by atoms with Crippen molar-refractivity contribution < 1.29 is 9.53 Å². The van der Waals surface area contributed by atoms with E-state index in [-0.39, 0.29) is 16.7 Å². The SMILES string of the molecule is COc1cc(-c2cccc(N(CC34CCC(c5nnnn5C)(CC3)CC4)C(=O)C3CCCCC3)c2)ccn1. The summed E-state index contributed by atoms with van der Waals surface area (Å²) in [5.74, 6) is 2.05. The Bertz CT molecular complexity index is 1270. The van der Waals surface area contributed by atoms with Crippen LogP contribution >= 0.6 is 0 Å². The predicted octanol–water partition coefficient (Wildman–Crippen LogP) is 5.49. The van der Waals surface area contributed by atoms with Gasteiger partial charge in [0.15, 0.2) is 5.82 Å². The van der Waals surface area contributed by atoms with Crippen LogP contribution in [0.1, 0.15) is 76.5 Å². The standard InChI is InChI=1S/C30H38N6O2/c1-35-28(32-33-34-35)30-15-12-29(13-16-30,14-17-30)21-36(27(37)22-7-4-3-5-8-22)25-10-6-9-23(19-25)24-11-18-31-26(20-24)38-2/h6,9-11,18-20,22H,3-5,7-8,12-17,21H2,1-2H3. The van der Waals surface area contributed by atoms with E-state index in [1.165, 1.54) is 6.42 Å². The smallest absolute Gasteiger partial charge is 0.230 e. The lowest BCUT2D eigenvalue weighted by Gasteiger charge is -2.54. The zero-order valence-corrected chi connectivity index (χ0v) is 22.6. The third kappa shape index (κ3) is 4.58. The van der Waals surface area contributed by atoms with Crippen molar-refractivity contribution in [1.82, 2.24) is 25.2 Å². The molecule has 4 aliphatic rings. The third-order valence-corrected chi connectivity index (χ3v) is 9.65. The first-order valence-corrected chi connectivity index (χ1v) is 14.2. The van der Waals surface area contributed by atoms with Gasteiger partial charge in [0.05, 0.1) is 7.11 Å². The minimum absolute atomic E-state index is 0.0819. The van der Waals surface area contributed by atoms with Gasteiger partial charge in [0.1, 0.15) is 0 Å². The number of amides is 1. The summed E-state index contributed by atoms with van der Waals surface area (Å²) < 4.78 is 7.22. The van der Waals surface area contributed by atoms with Gasteiger partial charge in [-0.25, -0.2) is 9.67 Å². The van der Waals surface area contributed by atoms with Crippen LogP contribution < -0.4 is 9.64 Å². The van der Waals surface area contributed by atoms with Gasteiger partial charge in [-0.1, -0.05) is 31.4 Å². The number of benzene rings is 1. The van der Waals surface area contributed by atoms with Crippen molar-refractivity contribution in [1.29, 1.82) is 0 Å². The van der Waals surface area contributed by atoms with E-state index in [1.807, 2.05) is 23.9 Å². The molecule has 1 aromatic carbocycles. The summed E-state index contributed by atoms with van der Waals surface area (Å²) in [6.07, 6.45) is 13.9. The summed E-state index contributed by atoms with van der Waals surface area (Å²) in [4.78, 5) is 20.6. The van der Waals surface area contributed by atoms with Crippen molar-refractivity contribution in [2.45, 2.75) is 76.0 Å². The summed E-state index contributed by atoms with van der Waals surface area (Å²) in [7, 11) is 3.59. The van der Waals surface area contributed by atoms with Gasteiger partial charge in [0.2, 0.25) is 11.8 Å². The van der Waals surface area contributed by atoms with Crippen molar-refractivity contribution >= 4 is 11.6 Å². The number of carbonyl (C=O) groups is 1. The molecule has 0 aliphatic heterocycles. The Labute approximate surface area is 224 Å². The van der Waals surface area contributed by atoms with Gasteiger partial charge >= 0.3 is 0 Å². The topological polar surface area (TPSA) is 86.0 Å². The molecule has 0 spiro atoms. The number of aromatic nitrogens is 5. The molecular formula is C30H38N6O2. The van der Waals surface area contributed by atoms with Crippen molar-refractivity contribution in [2.75, 3.05) is 18.6 Å². The second-order valence-electron chi connectivity index (χ2n) is 11.8. The van der Waals surface area contributed by atoms with E-state index in [9.17, 15) is 4.79 Å². The number of anilines is 1. The number of fused-ring (bicyclic) bond motifs is 3. The molecular weight excluding hydrogens is 476 g/mol. The Morgan fingerprint density at radius 3 is 2.45 bits per heavy atom. The Balaban J connectivity index is 1.29. The number of aryl methyl sites for hydroxylation is 1. The van der Waals surface area contributed by atoms with Crippen LogP contribution in [0.5, 0.6) is 5.88 Å². The molecule has 8 nitrogen and oxygen atoms in total. The minimum Gasteiger partial charge on any atom is -0.481 e. The average Bonchev–Trinajstić information content (AvgIpc) is 3.44. The molecule has 38 heavy (non-hydrogen) atoms. The van der Waals surface area contributed by atoms with Gasteiger partial charge in [-0.3, -0.25) is 4.79 Å². The van der Waals surface area contributed by atoms with E-state index in [0.29, 0.717) is 11.8 Å². The van der Waals surface area contributed by atoms with Crippen molar-refractivity contribution in [3.8, 4) is 17.0 Å². The number of hydrogen-bond acceptors (Lipinski definition) is 6. The van der Waals surface area contributed by atoms with E-state index >= 15 is 0 Å². The maximum absolute atomic E-state index is 14.2. The summed E-state index contributed by atoms with van der Waals surface area (Å²) in [5, 5.41) is 12.4. The summed E-state index contributed by atoms with van der Waals surface area (Å²) in [5.41, 5.74) is 3.35. The molecule has 0 atom stereocenters. The Kier molecular flexibility index (Phi) is 6.66. The Hall–Kier alpha value is -3.29. The molecule has 2 heterocycles.